The van der Waals surface area contributed by atoms with Crippen molar-refractivity contribution < 1.29 is 22.7 Å². The fourth-order valence-corrected chi connectivity index (χ4v) is 3.35. The minimum atomic E-state index is -2.18. The second kappa shape index (κ2) is 7.54. The van der Waals surface area contributed by atoms with Crippen LogP contribution in [-0.4, -0.2) is 34.9 Å². The van der Waals surface area contributed by atoms with Gasteiger partial charge in [-0.25, -0.2) is 31.9 Å². The lowest BCUT2D eigenvalue weighted by molar-refractivity contribution is -0.0390. The van der Waals surface area contributed by atoms with E-state index in [1.807, 2.05) is 0 Å². The molecule has 0 aliphatic rings. The van der Waals surface area contributed by atoms with Crippen LogP contribution in [0.4, 0.5) is 17.6 Å². The molecule has 12 heteroatoms. The Morgan fingerprint density at radius 2 is 1.84 bits per heavy atom. The van der Waals surface area contributed by atoms with E-state index in [1.54, 1.807) is 0 Å². The summed E-state index contributed by atoms with van der Waals surface area (Å²) in [5, 5.41) is 22.5. The summed E-state index contributed by atoms with van der Waals surface area (Å²) in [6.07, 6.45) is 2.44. The number of benzene rings is 2. The Morgan fingerprint density at radius 1 is 1.10 bits per heavy atom. The molecular weight excluding hydrogens is 420 g/mol. The van der Waals surface area contributed by atoms with Crippen molar-refractivity contribution >= 4 is 10.9 Å². The summed E-state index contributed by atoms with van der Waals surface area (Å²) < 4.78 is 57.1. The van der Waals surface area contributed by atoms with E-state index in [2.05, 4.69) is 20.4 Å². The molecule has 1 N–H and O–H groups in total. The zero-order valence-electron chi connectivity index (χ0n) is 15.9. The molecule has 0 radical (unpaired) electrons. The molecule has 0 saturated carbocycles. The molecule has 4 rings (SSSR count). The SMILES string of the molecule is CC(n1nnc2cc(F)c(F)cc2c1=O)C(O)(Cn1cncn1)c1ccc(F)cc1F. The lowest BCUT2D eigenvalue weighted by atomic mass is 9.86. The van der Waals surface area contributed by atoms with Crippen molar-refractivity contribution in [3.63, 3.8) is 0 Å². The van der Waals surface area contributed by atoms with Gasteiger partial charge in [-0.1, -0.05) is 11.3 Å². The van der Waals surface area contributed by atoms with E-state index in [1.165, 1.54) is 24.3 Å². The van der Waals surface area contributed by atoms with Gasteiger partial charge in [-0.2, -0.15) is 5.10 Å². The summed E-state index contributed by atoms with van der Waals surface area (Å²) in [7, 11) is 0. The quantitative estimate of drug-likeness (QED) is 0.483. The lowest BCUT2D eigenvalue weighted by Crippen LogP contribution is -2.44. The first-order chi connectivity index (χ1) is 14.7. The monoisotopic (exact) mass is 434 g/mol. The van der Waals surface area contributed by atoms with E-state index in [-0.39, 0.29) is 23.0 Å². The number of rotatable bonds is 5. The highest BCUT2D eigenvalue weighted by Crippen LogP contribution is 2.35. The van der Waals surface area contributed by atoms with E-state index >= 15 is 0 Å². The van der Waals surface area contributed by atoms with Crippen molar-refractivity contribution in [2.75, 3.05) is 0 Å². The van der Waals surface area contributed by atoms with Crippen LogP contribution in [0.2, 0.25) is 0 Å². The molecule has 2 atom stereocenters. The molecule has 0 aliphatic carbocycles. The molecule has 8 nitrogen and oxygen atoms in total. The molecule has 2 aromatic carbocycles. The molecule has 0 bridgehead atoms. The van der Waals surface area contributed by atoms with Gasteiger partial charge in [0, 0.05) is 17.7 Å². The van der Waals surface area contributed by atoms with Crippen molar-refractivity contribution in [3.05, 3.63) is 82.2 Å². The average Bonchev–Trinajstić information content (AvgIpc) is 3.22. The second-order valence-electron chi connectivity index (χ2n) is 6.94. The normalized spacial score (nSPS) is 14.5. The third-order valence-corrected chi connectivity index (χ3v) is 5.05. The summed E-state index contributed by atoms with van der Waals surface area (Å²) in [5.41, 5.74) is -3.61. The molecule has 2 heterocycles. The third kappa shape index (κ3) is 3.54. The van der Waals surface area contributed by atoms with Gasteiger partial charge in [0.15, 0.2) is 11.6 Å². The number of halogens is 4. The van der Waals surface area contributed by atoms with E-state index in [9.17, 15) is 27.5 Å². The maximum atomic E-state index is 14.6. The highest BCUT2D eigenvalue weighted by atomic mass is 19.2. The molecule has 0 aliphatic heterocycles. The minimum absolute atomic E-state index is 0.194. The molecule has 160 valence electrons. The zero-order chi connectivity index (χ0) is 22.3. The van der Waals surface area contributed by atoms with Gasteiger partial charge in [0.1, 0.15) is 35.4 Å². The first-order valence-corrected chi connectivity index (χ1v) is 8.95. The number of fused-ring (bicyclic) bond motifs is 1. The number of aromatic nitrogens is 6. The predicted octanol–water partition coefficient (Wildman–Crippen LogP) is 2.09. The van der Waals surface area contributed by atoms with Gasteiger partial charge < -0.3 is 5.11 Å². The van der Waals surface area contributed by atoms with Gasteiger partial charge >= 0.3 is 0 Å². The van der Waals surface area contributed by atoms with E-state index in [0.29, 0.717) is 12.1 Å². The first-order valence-electron chi connectivity index (χ1n) is 8.95. The van der Waals surface area contributed by atoms with Gasteiger partial charge in [0.05, 0.1) is 18.0 Å². The zero-order valence-corrected chi connectivity index (χ0v) is 15.9. The fraction of sp³-hybridized carbons (Fsp3) is 0.211. The molecule has 0 amide bonds. The Bertz CT molecular complexity index is 1330. The van der Waals surface area contributed by atoms with Gasteiger partial charge in [-0.15, -0.1) is 5.10 Å². The molecule has 4 aromatic rings. The third-order valence-electron chi connectivity index (χ3n) is 5.05. The topological polar surface area (TPSA) is 98.7 Å². The van der Waals surface area contributed by atoms with Crippen LogP contribution in [0.3, 0.4) is 0 Å². The van der Waals surface area contributed by atoms with Crippen molar-refractivity contribution in [2.24, 2.45) is 0 Å². The predicted molar refractivity (Wildman–Crippen MR) is 98.7 cm³/mol. The van der Waals surface area contributed by atoms with Gasteiger partial charge in [-0.3, -0.25) is 4.79 Å². The van der Waals surface area contributed by atoms with Crippen molar-refractivity contribution in [1.29, 1.82) is 0 Å². The van der Waals surface area contributed by atoms with Crippen LogP contribution in [0.5, 0.6) is 0 Å². The average molecular weight is 434 g/mol. The standard InChI is InChI=1S/C19H14F4N6O2/c1-10(29-18(30)12-5-15(22)16(23)6-17(12)26-27-29)19(31,7-28-9-24-8-25-28)13-3-2-11(20)4-14(13)21/h2-6,8-10,31H,7H2,1H3. The highest BCUT2D eigenvalue weighted by Gasteiger charge is 2.41. The van der Waals surface area contributed by atoms with Gasteiger partial charge in [0.2, 0.25) is 0 Å². The Labute approximate surface area is 171 Å². The van der Waals surface area contributed by atoms with Crippen LogP contribution in [-0.2, 0) is 12.1 Å². The molecule has 0 saturated heterocycles. The lowest BCUT2D eigenvalue weighted by Gasteiger charge is -2.34. The van der Waals surface area contributed by atoms with E-state index in [4.69, 9.17) is 0 Å². The van der Waals surface area contributed by atoms with Crippen molar-refractivity contribution in [1.82, 2.24) is 29.8 Å². The number of nitrogens with zero attached hydrogens (tertiary/aromatic N) is 6. The largest absolute Gasteiger partial charge is 0.381 e. The van der Waals surface area contributed by atoms with Crippen LogP contribution in [0.15, 0.2) is 47.8 Å². The number of hydrogen-bond donors (Lipinski definition) is 1. The molecule has 2 aromatic heterocycles. The highest BCUT2D eigenvalue weighted by molar-refractivity contribution is 5.76. The Morgan fingerprint density at radius 3 is 2.52 bits per heavy atom. The number of aliphatic hydroxyl groups is 1. The summed E-state index contributed by atoms with van der Waals surface area (Å²) in [6.45, 7) is 0.960. The van der Waals surface area contributed by atoms with E-state index in [0.717, 1.165) is 22.9 Å². The summed E-state index contributed by atoms with van der Waals surface area (Å²) in [5.74, 6) is -4.40. The van der Waals surface area contributed by atoms with Crippen molar-refractivity contribution in [2.45, 2.75) is 25.1 Å². The first kappa shape index (κ1) is 20.6. The maximum Gasteiger partial charge on any atom is 0.278 e. The molecular formula is C19H14F4N6O2. The van der Waals surface area contributed by atoms with Crippen LogP contribution < -0.4 is 5.56 Å². The minimum Gasteiger partial charge on any atom is -0.381 e. The summed E-state index contributed by atoms with van der Waals surface area (Å²) in [4.78, 5) is 16.7. The molecule has 2 unspecified atom stereocenters. The van der Waals surface area contributed by atoms with Crippen LogP contribution in [0, 0.1) is 23.3 Å². The molecule has 31 heavy (non-hydrogen) atoms. The van der Waals surface area contributed by atoms with Gasteiger partial charge in [0.25, 0.3) is 5.56 Å². The second-order valence-corrected chi connectivity index (χ2v) is 6.94. The van der Waals surface area contributed by atoms with Gasteiger partial charge in [-0.05, 0) is 19.1 Å². The Balaban J connectivity index is 1.90. The Kier molecular flexibility index (Phi) is 5.01. The Hall–Kier alpha value is -3.67. The summed E-state index contributed by atoms with van der Waals surface area (Å²) in [6, 6.07) is 2.65. The molecule has 0 spiro atoms. The fourth-order valence-electron chi connectivity index (χ4n) is 3.35. The van der Waals surface area contributed by atoms with Crippen LogP contribution in [0.25, 0.3) is 10.9 Å². The van der Waals surface area contributed by atoms with Crippen LogP contribution in [0.1, 0.15) is 18.5 Å². The smallest absolute Gasteiger partial charge is 0.278 e. The number of hydrogen-bond acceptors (Lipinski definition) is 6. The van der Waals surface area contributed by atoms with Crippen LogP contribution >= 0.6 is 0 Å². The molecule has 0 fully saturated rings. The van der Waals surface area contributed by atoms with E-state index < -0.39 is 40.5 Å². The maximum absolute atomic E-state index is 14.6. The summed E-state index contributed by atoms with van der Waals surface area (Å²) >= 11 is 0. The van der Waals surface area contributed by atoms with Crippen molar-refractivity contribution in [3.8, 4) is 0 Å².